The maximum absolute atomic E-state index is 11.2. The Labute approximate surface area is 136 Å². The molecule has 0 N–H and O–H groups in total. The first-order chi connectivity index (χ1) is 11.0. The van der Waals surface area contributed by atoms with Gasteiger partial charge in [0.1, 0.15) is 16.5 Å². The van der Waals surface area contributed by atoms with Crippen LogP contribution in [0.2, 0.25) is 0 Å². The Morgan fingerprint density at radius 1 is 1.09 bits per heavy atom. The Kier molecular flexibility index (Phi) is 4.12. The molecule has 0 unspecified atom stereocenters. The van der Waals surface area contributed by atoms with Crippen LogP contribution in [0.25, 0.3) is 11.3 Å². The molecule has 0 saturated heterocycles. The van der Waals surface area contributed by atoms with Gasteiger partial charge in [0.15, 0.2) is 0 Å². The van der Waals surface area contributed by atoms with E-state index in [1.165, 1.54) is 17.8 Å². The van der Waals surface area contributed by atoms with E-state index in [-0.39, 0.29) is 5.69 Å². The van der Waals surface area contributed by atoms with Crippen molar-refractivity contribution in [2.45, 2.75) is 24.1 Å². The van der Waals surface area contributed by atoms with Crippen LogP contribution in [0.15, 0.2) is 57.1 Å². The number of benzene rings is 1. The van der Waals surface area contributed by atoms with Gasteiger partial charge in [-0.25, -0.2) is 9.97 Å². The molecule has 0 aliphatic rings. The van der Waals surface area contributed by atoms with Crippen LogP contribution < -0.4 is 0 Å². The first-order valence-corrected chi connectivity index (χ1v) is 7.69. The van der Waals surface area contributed by atoms with E-state index in [1.54, 1.807) is 18.2 Å². The molecular weight excluding hydrogens is 314 g/mol. The third-order valence-electron chi connectivity index (χ3n) is 3.29. The molecule has 23 heavy (non-hydrogen) atoms. The van der Waals surface area contributed by atoms with E-state index in [4.69, 9.17) is 4.42 Å². The van der Waals surface area contributed by atoms with Crippen molar-refractivity contribution in [3.63, 3.8) is 0 Å². The van der Waals surface area contributed by atoms with E-state index in [2.05, 4.69) is 9.97 Å². The van der Waals surface area contributed by atoms with Crippen molar-refractivity contribution in [2.24, 2.45) is 0 Å². The lowest BCUT2D eigenvalue weighted by atomic mass is 10.1. The van der Waals surface area contributed by atoms with Crippen molar-refractivity contribution >= 4 is 17.4 Å². The number of nitrogens with zero attached hydrogens (tertiary/aromatic N) is 3. The quantitative estimate of drug-likeness (QED) is 0.521. The summed E-state index contributed by atoms with van der Waals surface area (Å²) in [4.78, 5) is 19.5. The Morgan fingerprint density at radius 3 is 2.43 bits per heavy atom. The van der Waals surface area contributed by atoms with Gasteiger partial charge in [-0.05, 0) is 31.7 Å². The van der Waals surface area contributed by atoms with Crippen molar-refractivity contribution in [1.82, 2.24) is 9.97 Å². The zero-order valence-electron chi connectivity index (χ0n) is 12.5. The summed E-state index contributed by atoms with van der Waals surface area (Å²) in [5, 5.41) is 12.3. The molecule has 2 aromatic heterocycles. The standard InChI is InChI=1S/C16H13N3O3S/c1-10-11(2)22-16(17-10)23-14-9-8-13(19(20)21)15(18-14)12-6-4-3-5-7-12/h3-9H,1-2H3. The summed E-state index contributed by atoms with van der Waals surface area (Å²) in [5.74, 6) is 0.748. The van der Waals surface area contributed by atoms with Crippen molar-refractivity contribution in [1.29, 1.82) is 0 Å². The molecule has 0 spiro atoms. The van der Waals surface area contributed by atoms with Crippen molar-refractivity contribution < 1.29 is 9.34 Å². The summed E-state index contributed by atoms with van der Waals surface area (Å²) >= 11 is 1.24. The van der Waals surface area contributed by atoms with Crippen LogP contribution in [0.5, 0.6) is 0 Å². The zero-order valence-corrected chi connectivity index (χ0v) is 13.3. The Hall–Kier alpha value is -2.67. The smallest absolute Gasteiger partial charge is 0.295 e. The number of hydrogen-bond acceptors (Lipinski definition) is 6. The fourth-order valence-electron chi connectivity index (χ4n) is 2.02. The van der Waals surface area contributed by atoms with Gasteiger partial charge in [-0.15, -0.1) is 0 Å². The second kappa shape index (κ2) is 6.21. The van der Waals surface area contributed by atoms with Crippen LogP contribution in [0.4, 0.5) is 5.69 Å². The average molecular weight is 327 g/mol. The van der Waals surface area contributed by atoms with Crippen molar-refractivity contribution in [3.05, 3.63) is 64.0 Å². The second-order valence-electron chi connectivity index (χ2n) is 4.86. The molecule has 3 rings (SSSR count). The lowest BCUT2D eigenvalue weighted by molar-refractivity contribution is -0.384. The minimum Gasteiger partial charge on any atom is -0.436 e. The first kappa shape index (κ1) is 15.2. The van der Waals surface area contributed by atoms with Crippen LogP contribution in [-0.4, -0.2) is 14.9 Å². The van der Waals surface area contributed by atoms with E-state index in [1.807, 2.05) is 32.0 Å². The van der Waals surface area contributed by atoms with Gasteiger partial charge in [0.25, 0.3) is 10.9 Å². The highest BCUT2D eigenvalue weighted by Crippen LogP contribution is 2.33. The molecule has 2 heterocycles. The van der Waals surface area contributed by atoms with Gasteiger partial charge < -0.3 is 4.42 Å². The molecule has 0 saturated carbocycles. The average Bonchev–Trinajstić information content (AvgIpc) is 2.85. The van der Waals surface area contributed by atoms with Gasteiger partial charge >= 0.3 is 0 Å². The van der Waals surface area contributed by atoms with Crippen LogP contribution in [-0.2, 0) is 0 Å². The second-order valence-corrected chi connectivity index (χ2v) is 5.84. The molecule has 116 valence electrons. The number of pyridine rings is 1. The van der Waals surface area contributed by atoms with E-state index in [0.29, 0.717) is 21.5 Å². The fraction of sp³-hybridized carbons (Fsp3) is 0.125. The number of aryl methyl sites for hydroxylation is 2. The maximum Gasteiger partial charge on any atom is 0.295 e. The van der Waals surface area contributed by atoms with E-state index in [0.717, 1.165) is 11.5 Å². The number of aromatic nitrogens is 2. The molecule has 0 bridgehead atoms. The van der Waals surface area contributed by atoms with E-state index in [9.17, 15) is 10.1 Å². The highest BCUT2D eigenvalue weighted by Gasteiger charge is 2.19. The Morgan fingerprint density at radius 2 is 1.83 bits per heavy atom. The normalized spacial score (nSPS) is 10.7. The molecule has 0 aliphatic heterocycles. The van der Waals surface area contributed by atoms with Crippen molar-refractivity contribution in [3.8, 4) is 11.3 Å². The van der Waals surface area contributed by atoms with Crippen LogP contribution in [0.3, 0.4) is 0 Å². The lowest BCUT2D eigenvalue weighted by Crippen LogP contribution is -1.95. The minimum absolute atomic E-state index is 0.0275. The number of rotatable bonds is 4. The fourth-order valence-corrected chi connectivity index (χ4v) is 2.82. The number of nitro groups is 1. The highest BCUT2D eigenvalue weighted by atomic mass is 32.2. The molecular formula is C16H13N3O3S. The predicted octanol–water partition coefficient (Wildman–Crippen LogP) is 4.41. The highest BCUT2D eigenvalue weighted by molar-refractivity contribution is 7.99. The first-order valence-electron chi connectivity index (χ1n) is 6.87. The molecule has 0 radical (unpaired) electrons. The van der Waals surface area contributed by atoms with E-state index < -0.39 is 4.92 Å². The van der Waals surface area contributed by atoms with Gasteiger partial charge in [0, 0.05) is 11.6 Å². The van der Waals surface area contributed by atoms with Gasteiger partial charge in [0.05, 0.1) is 10.6 Å². The summed E-state index contributed by atoms with van der Waals surface area (Å²) in [6.45, 7) is 3.70. The minimum atomic E-state index is -0.427. The largest absolute Gasteiger partial charge is 0.436 e. The summed E-state index contributed by atoms with van der Waals surface area (Å²) < 4.78 is 5.52. The third kappa shape index (κ3) is 3.24. The third-order valence-corrected chi connectivity index (χ3v) is 4.08. The van der Waals surface area contributed by atoms with Crippen LogP contribution >= 0.6 is 11.8 Å². The summed E-state index contributed by atoms with van der Waals surface area (Å²) in [5.41, 5.74) is 1.82. The lowest BCUT2D eigenvalue weighted by Gasteiger charge is -2.04. The monoisotopic (exact) mass is 327 g/mol. The molecule has 3 aromatic rings. The van der Waals surface area contributed by atoms with Gasteiger partial charge in [-0.3, -0.25) is 10.1 Å². The SMILES string of the molecule is Cc1nc(Sc2ccc([N+](=O)[O-])c(-c3ccccc3)n2)oc1C. The molecule has 7 heteroatoms. The molecule has 0 amide bonds. The molecule has 6 nitrogen and oxygen atoms in total. The van der Waals surface area contributed by atoms with E-state index >= 15 is 0 Å². The summed E-state index contributed by atoms with van der Waals surface area (Å²) in [6.07, 6.45) is 0. The van der Waals surface area contributed by atoms with Gasteiger partial charge in [-0.2, -0.15) is 0 Å². The topological polar surface area (TPSA) is 82.1 Å². The predicted molar refractivity (Wildman–Crippen MR) is 86.4 cm³/mol. The maximum atomic E-state index is 11.2. The summed E-state index contributed by atoms with van der Waals surface area (Å²) in [7, 11) is 0. The summed E-state index contributed by atoms with van der Waals surface area (Å²) in [6, 6.07) is 12.1. The van der Waals surface area contributed by atoms with Gasteiger partial charge in [-0.1, -0.05) is 30.3 Å². The Bertz CT molecular complexity index is 843. The zero-order chi connectivity index (χ0) is 16.4. The van der Waals surface area contributed by atoms with Crippen LogP contribution in [0, 0.1) is 24.0 Å². The Balaban J connectivity index is 2.01. The molecule has 0 aliphatic carbocycles. The molecule has 0 atom stereocenters. The van der Waals surface area contributed by atoms with Crippen LogP contribution in [0.1, 0.15) is 11.5 Å². The molecule has 1 aromatic carbocycles. The van der Waals surface area contributed by atoms with Gasteiger partial charge in [0.2, 0.25) is 0 Å². The number of oxazole rings is 1. The van der Waals surface area contributed by atoms with Crippen molar-refractivity contribution in [2.75, 3.05) is 0 Å². The number of hydrogen-bond donors (Lipinski definition) is 0. The molecule has 0 fully saturated rings.